The molecule has 0 radical (unpaired) electrons. The predicted octanol–water partition coefficient (Wildman–Crippen LogP) is 5.37. The minimum absolute atomic E-state index is 0.0415. The number of ether oxygens (including phenoxy) is 3. The summed E-state index contributed by atoms with van der Waals surface area (Å²) in [7, 11) is 0. The summed E-state index contributed by atoms with van der Waals surface area (Å²) in [6.45, 7) is 12.6. The second-order valence-corrected chi connectivity index (χ2v) is 14.2. The minimum atomic E-state index is -0.730. The number of rotatable bonds is 8. The molecule has 0 saturated carbocycles. The quantitative estimate of drug-likeness (QED) is 0.287. The number of benzene rings is 1. The van der Waals surface area contributed by atoms with Crippen LogP contribution >= 0.6 is 11.6 Å². The molecule has 3 aliphatic rings. The van der Waals surface area contributed by atoms with Gasteiger partial charge in [-0.3, -0.25) is 9.80 Å². The van der Waals surface area contributed by atoms with E-state index in [1.54, 1.807) is 4.90 Å². The largest absolute Gasteiger partial charge is 0.463 e. The van der Waals surface area contributed by atoms with E-state index in [1.807, 2.05) is 56.0 Å². The van der Waals surface area contributed by atoms with Crippen molar-refractivity contribution in [3.8, 4) is 6.01 Å². The first-order valence-electron chi connectivity index (χ1n) is 16.5. The first kappa shape index (κ1) is 33.9. The fraction of sp³-hybridized carbons (Fsp3) is 0.559. The number of amides is 2. The van der Waals surface area contributed by atoms with Crippen molar-refractivity contribution in [1.29, 1.82) is 0 Å². The summed E-state index contributed by atoms with van der Waals surface area (Å²) in [5.74, 6) is -0.128. The average Bonchev–Trinajstić information content (AvgIpc) is 3.33. The van der Waals surface area contributed by atoms with Gasteiger partial charge >= 0.3 is 18.2 Å². The molecule has 0 spiro atoms. The Morgan fingerprint density at radius 3 is 2.38 bits per heavy atom. The van der Waals surface area contributed by atoms with Crippen LogP contribution in [0.2, 0.25) is 5.15 Å². The number of halogens is 2. The Hall–Kier alpha value is -3.97. The van der Waals surface area contributed by atoms with Gasteiger partial charge in [0.1, 0.15) is 23.5 Å². The van der Waals surface area contributed by atoms with Gasteiger partial charge in [0.05, 0.1) is 24.1 Å². The highest BCUT2D eigenvalue weighted by Crippen LogP contribution is 2.37. The van der Waals surface area contributed by atoms with Gasteiger partial charge in [0.15, 0.2) is 11.0 Å². The van der Waals surface area contributed by atoms with Crippen LogP contribution in [0.15, 0.2) is 36.5 Å². The minimum Gasteiger partial charge on any atom is -0.463 e. The molecule has 6 rings (SSSR count). The lowest BCUT2D eigenvalue weighted by Crippen LogP contribution is -2.57. The second-order valence-electron chi connectivity index (χ2n) is 13.9. The summed E-state index contributed by atoms with van der Waals surface area (Å²) >= 11 is 6.06. The number of carbonyl (C=O) groups excluding carboxylic acids is 2. The van der Waals surface area contributed by atoms with Crippen LogP contribution in [0.5, 0.6) is 6.01 Å². The molecule has 12 nitrogen and oxygen atoms in total. The van der Waals surface area contributed by atoms with Crippen LogP contribution in [0.25, 0.3) is 10.9 Å². The topological polar surface area (TPSA) is 113 Å². The predicted molar refractivity (Wildman–Crippen MR) is 179 cm³/mol. The Bertz CT molecular complexity index is 1600. The molecule has 3 aliphatic heterocycles. The van der Waals surface area contributed by atoms with E-state index in [4.69, 9.17) is 30.8 Å². The summed E-state index contributed by atoms with van der Waals surface area (Å²) in [4.78, 5) is 46.7. The van der Waals surface area contributed by atoms with Crippen LogP contribution in [-0.4, -0.2) is 112 Å². The van der Waals surface area contributed by atoms with Gasteiger partial charge in [-0.15, -0.1) is 0 Å². The SMILES string of the molecule is C[C@@H](COc1nc(N2C[C@H]3CC[C@@H](C2)N3C(=O)OC(C)(C)C)c2cnc(Cl)c(F)c2n1)CN1CCN(C(=O)OCc2ccccc2)CC1. The van der Waals surface area contributed by atoms with Crippen molar-refractivity contribution in [3.63, 3.8) is 0 Å². The highest BCUT2D eigenvalue weighted by molar-refractivity contribution is 6.30. The molecule has 2 bridgehead atoms. The highest BCUT2D eigenvalue weighted by atomic mass is 35.5. The molecule has 3 aromatic rings. The smallest absolute Gasteiger partial charge is 0.410 e. The van der Waals surface area contributed by atoms with Crippen LogP contribution in [0, 0.1) is 11.7 Å². The van der Waals surface area contributed by atoms with Crippen LogP contribution in [0.3, 0.4) is 0 Å². The fourth-order valence-corrected chi connectivity index (χ4v) is 6.77. The third-order valence-corrected chi connectivity index (χ3v) is 9.15. The van der Waals surface area contributed by atoms with Gasteiger partial charge < -0.3 is 24.0 Å². The number of pyridine rings is 1. The van der Waals surface area contributed by atoms with Crippen LogP contribution < -0.4 is 9.64 Å². The summed E-state index contributed by atoms with van der Waals surface area (Å²) in [6, 6.07) is 9.55. The number of hydrogen-bond acceptors (Lipinski definition) is 10. The third kappa shape index (κ3) is 7.84. The molecule has 3 fully saturated rings. The van der Waals surface area contributed by atoms with Crippen molar-refractivity contribution in [2.24, 2.45) is 5.92 Å². The normalized spacial score (nSPS) is 20.6. The van der Waals surface area contributed by atoms with E-state index >= 15 is 4.39 Å². The molecule has 1 aromatic carbocycles. The summed E-state index contributed by atoms with van der Waals surface area (Å²) < 4.78 is 32.5. The number of nitrogens with zero attached hydrogens (tertiary/aromatic N) is 7. The summed E-state index contributed by atoms with van der Waals surface area (Å²) in [5, 5.41) is 0.159. The third-order valence-electron chi connectivity index (χ3n) is 8.89. The number of piperazine rings is 2. The van der Waals surface area contributed by atoms with Gasteiger partial charge in [-0.1, -0.05) is 48.9 Å². The maximum Gasteiger partial charge on any atom is 0.410 e. The van der Waals surface area contributed by atoms with Crippen LogP contribution in [0.1, 0.15) is 46.1 Å². The van der Waals surface area contributed by atoms with Gasteiger partial charge in [0, 0.05) is 57.9 Å². The average molecular weight is 684 g/mol. The van der Waals surface area contributed by atoms with Crippen molar-refractivity contribution < 1.29 is 28.2 Å². The molecule has 0 aliphatic carbocycles. The zero-order chi connectivity index (χ0) is 34.0. The molecular weight excluding hydrogens is 641 g/mol. The molecule has 0 unspecified atom stereocenters. The van der Waals surface area contributed by atoms with Gasteiger partial charge in [-0.2, -0.15) is 9.97 Å². The Balaban J connectivity index is 1.07. The van der Waals surface area contributed by atoms with E-state index in [0.717, 1.165) is 38.0 Å². The first-order valence-corrected chi connectivity index (χ1v) is 16.9. The van der Waals surface area contributed by atoms with E-state index < -0.39 is 11.4 Å². The molecule has 0 N–H and O–H groups in total. The second kappa shape index (κ2) is 14.3. The highest BCUT2D eigenvalue weighted by Gasteiger charge is 2.45. The van der Waals surface area contributed by atoms with E-state index in [2.05, 4.69) is 26.7 Å². The molecule has 5 heterocycles. The van der Waals surface area contributed by atoms with Crippen molar-refractivity contribution in [3.05, 3.63) is 53.1 Å². The Morgan fingerprint density at radius 2 is 1.71 bits per heavy atom. The molecule has 3 atom stereocenters. The van der Waals surface area contributed by atoms with E-state index in [1.165, 1.54) is 6.20 Å². The molecule has 48 heavy (non-hydrogen) atoms. The number of fused-ring (bicyclic) bond motifs is 3. The Kier molecular flexibility index (Phi) is 10.1. The number of anilines is 1. The zero-order valence-corrected chi connectivity index (χ0v) is 28.7. The monoisotopic (exact) mass is 683 g/mol. The fourth-order valence-electron chi connectivity index (χ4n) is 6.63. The van der Waals surface area contributed by atoms with E-state index in [0.29, 0.717) is 44.0 Å². The van der Waals surface area contributed by atoms with Crippen molar-refractivity contribution >= 4 is 40.5 Å². The van der Waals surface area contributed by atoms with Crippen molar-refractivity contribution in [1.82, 2.24) is 29.7 Å². The zero-order valence-electron chi connectivity index (χ0n) is 27.9. The van der Waals surface area contributed by atoms with Gasteiger partial charge in [-0.05, 0) is 39.2 Å². The molecule has 3 saturated heterocycles. The first-order chi connectivity index (χ1) is 22.9. The molecule has 258 valence electrons. The molecular formula is C34H43ClFN7O5. The van der Waals surface area contributed by atoms with Gasteiger partial charge in [0.2, 0.25) is 0 Å². The lowest BCUT2D eigenvalue weighted by molar-refractivity contribution is 0.0122. The number of aromatic nitrogens is 3. The summed E-state index contributed by atoms with van der Waals surface area (Å²) in [6.07, 6.45) is 2.55. The van der Waals surface area contributed by atoms with Crippen molar-refractivity contribution in [2.45, 2.75) is 64.8 Å². The van der Waals surface area contributed by atoms with Crippen molar-refractivity contribution in [2.75, 3.05) is 57.3 Å². The molecule has 14 heteroatoms. The maximum atomic E-state index is 15.3. The lowest BCUT2D eigenvalue weighted by Gasteiger charge is -2.42. The van der Waals surface area contributed by atoms with Gasteiger partial charge in [-0.25, -0.2) is 19.0 Å². The summed E-state index contributed by atoms with van der Waals surface area (Å²) in [5.41, 5.74) is 0.406. The van der Waals surface area contributed by atoms with Crippen LogP contribution in [-0.2, 0) is 16.1 Å². The number of hydrogen-bond donors (Lipinski definition) is 0. The van der Waals surface area contributed by atoms with E-state index in [9.17, 15) is 9.59 Å². The van der Waals surface area contributed by atoms with Crippen LogP contribution in [0.4, 0.5) is 19.8 Å². The van der Waals surface area contributed by atoms with Gasteiger partial charge in [0.25, 0.3) is 0 Å². The Morgan fingerprint density at radius 1 is 1.02 bits per heavy atom. The molecule has 2 aromatic heterocycles. The standard InChI is InChI=1S/C34H43ClFN7O5/c1-22(17-40-12-14-41(15-13-40)32(44)47-21-23-8-6-5-7-9-23)20-46-31-38-28-26(16-37-29(35)27(28)36)30(39-31)42-18-24-10-11-25(19-42)43(24)33(45)48-34(2,3)4/h5-9,16,22,24-25H,10-15,17-21H2,1-4H3/t22-,24-,25+/m1/s1. The lowest BCUT2D eigenvalue weighted by atomic mass is 10.1. The van der Waals surface area contributed by atoms with E-state index in [-0.39, 0.29) is 53.5 Å². The molecule has 2 amide bonds. The maximum absolute atomic E-state index is 15.3. The Labute approximate surface area is 285 Å². The number of carbonyl (C=O) groups is 2.